The molecule has 0 aromatic carbocycles. The molecule has 0 radical (unpaired) electrons. The Balaban J connectivity index is 1.52. The van der Waals surface area contributed by atoms with Crippen LogP contribution in [0.25, 0.3) is 0 Å². The highest BCUT2D eigenvalue weighted by Crippen LogP contribution is 2.35. The molecule has 0 spiro atoms. The maximum atomic E-state index is 12.3. The molecule has 1 saturated carbocycles. The van der Waals surface area contributed by atoms with Crippen LogP contribution in [0.2, 0.25) is 0 Å². The topological polar surface area (TPSA) is 49.6 Å². The van der Waals surface area contributed by atoms with Gasteiger partial charge in [-0.1, -0.05) is 6.42 Å². The highest BCUT2D eigenvalue weighted by atomic mass is 16.2. The quantitative estimate of drug-likeness (QED) is 0.812. The second-order valence-corrected chi connectivity index (χ2v) is 6.65. The summed E-state index contributed by atoms with van der Waals surface area (Å²) in [5.41, 5.74) is 6.23. The smallest absolute Gasteiger partial charge is 0.236 e. The molecule has 3 atom stereocenters. The Hall–Kier alpha value is -0.610. The summed E-state index contributed by atoms with van der Waals surface area (Å²) in [4.78, 5) is 16.7. The maximum Gasteiger partial charge on any atom is 0.236 e. The number of carbonyl (C=O) groups is 1. The number of hydrogen-bond acceptors (Lipinski definition) is 3. The summed E-state index contributed by atoms with van der Waals surface area (Å²) in [5.74, 6) is 1.73. The van der Waals surface area contributed by atoms with E-state index in [0.29, 0.717) is 24.4 Å². The Morgan fingerprint density at radius 2 is 1.84 bits per heavy atom. The minimum absolute atomic E-state index is 0.340. The Morgan fingerprint density at radius 3 is 2.58 bits per heavy atom. The van der Waals surface area contributed by atoms with Crippen molar-refractivity contribution in [3.8, 4) is 0 Å². The summed E-state index contributed by atoms with van der Waals surface area (Å²) in [5, 5.41) is 0. The third-order valence-electron chi connectivity index (χ3n) is 5.30. The molecular formula is C15H27N3O. The first-order valence-electron chi connectivity index (χ1n) is 8.00. The molecule has 2 aliphatic heterocycles. The van der Waals surface area contributed by atoms with Crippen molar-refractivity contribution in [2.45, 2.75) is 44.6 Å². The van der Waals surface area contributed by atoms with Gasteiger partial charge in [-0.15, -0.1) is 0 Å². The molecule has 0 aromatic rings. The Bertz CT molecular complexity index is 327. The number of fused-ring (bicyclic) bond motifs is 1. The van der Waals surface area contributed by atoms with Gasteiger partial charge in [0, 0.05) is 32.2 Å². The van der Waals surface area contributed by atoms with E-state index >= 15 is 0 Å². The normalized spacial score (nSPS) is 36.3. The maximum absolute atomic E-state index is 12.3. The lowest BCUT2D eigenvalue weighted by Gasteiger charge is -2.30. The summed E-state index contributed by atoms with van der Waals surface area (Å²) in [6, 6.07) is 0.369. The highest BCUT2D eigenvalue weighted by Gasteiger charge is 2.39. The van der Waals surface area contributed by atoms with Crippen molar-refractivity contribution in [3.63, 3.8) is 0 Å². The zero-order valence-electron chi connectivity index (χ0n) is 11.9. The molecule has 3 fully saturated rings. The molecular weight excluding hydrogens is 238 g/mol. The second-order valence-electron chi connectivity index (χ2n) is 6.65. The SMILES string of the molecule is NC1CCCC2CN(CC(=O)N3CCCCC3)CC12. The van der Waals surface area contributed by atoms with Gasteiger partial charge in [0.1, 0.15) is 0 Å². The molecule has 4 nitrogen and oxygen atoms in total. The van der Waals surface area contributed by atoms with Crippen molar-refractivity contribution in [2.24, 2.45) is 17.6 Å². The van der Waals surface area contributed by atoms with Crippen molar-refractivity contribution in [3.05, 3.63) is 0 Å². The number of piperidine rings is 1. The highest BCUT2D eigenvalue weighted by molar-refractivity contribution is 5.78. The number of amides is 1. The lowest BCUT2D eigenvalue weighted by Crippen LogP contribution is -2.42. The predicted molar refractivity (Wildman–Crippen MR) is 75.7 cm³/mol. The van der Waals surface area contributed by atoms with Crippen molar-refractivity contribution >= 4 is 5.91 Å². The number of rotatable bonds is 2. The number of nitrogens with two attached hydrogens (primary N) is 1. The van der Waals surface area contributed by atoms with Crippen LogP contribution in [0.1, 0.15) is 38.5 Å². The van der Waals surface area contributed by atoms with Crippen LogP contribution in [-0.4, -0.2) is 54.5 Å². The number of nitrogens with zero attached hydrogens (tertiary/aromatic N) is 2. The van der Waals surface area contributed by atoms with Crippen LogP contribution in [0.4, 0.5) is 0 Å². The van der Waals surface area contributed by atoms with Gasteiger partial charge in [-0.05, 0) is 43.9 Å². The van der Waals surface area contributed by atoms with Crippen LogP contribution in [0.5, 0.6) is 0 Å². The first-order chi connectivity index (χ1) is 9.24. The van der Waals surface area contributed by atoms with E-state index in [9.17, 15) is 4.79 Å². The van der Waals surface area contributed by atoms with E-state index in [4.69, 9.17) is 5.73 Å². The van der Waals surface area contributed by atoms with E-state index < -0.39 is 0 Å². The molecule has 1 amide bonds. The van der Waals surface area contributed by atoms with Crippen LogP contribution in [0, 0.1) is 11.8 Å². The lowest BCUT2D eigenvalue weighted by molar-refractivity contribution is -0.133. The standard InChI is InChI=1S/C15H27N3O/c16-14-6-4-5-12-9-17(10-13(12)14)11-15(19)18-7-2-1-3-8-18/h12-14H,1-11,16H2. The van der Waals surface area contributed by atoms with Gasteiger partial charge in [0.2, 0.25) is 5.91 Å². The van der Waals surface area contributed by atoms with E-state index in [1.54, 1.807) is 0 Å². The Labute approximate surface area is 116 Å². The summed E-state index contributed by atoms with van der Waals surface area (Å²) >= 11 is 0. The molecule has 108 valence electrons. The second kappa shape index (κ2) is 5.80. The van der Waals surface area contributed by atoms with Gasteiger partial charge in [-0.3, -0.25) is 9.69 Å². The van der Waals surface area contributed by atoms with Gasteiger partial charge in [0.25, 0.3) is 0 Å². The lowest BCUT2D eigenvalue weighted by atomic mass is 9.78. The summed E-state index contributed by atoms with van der Waals surface area (Å²) in [6.45, 7) is 4.71. The third kappa shape index (κ3) is 2.95. The zero-order valence-corrected chi connectivity index (χ0v) is 11.9. The average molecular weight is 265 g/mol. The molecule has 3 aliphatic rings. The van der Waals surface area contributed by atoms with Crippen molar-refractivity contribution in [1.29, 1.82) is 0 Å². The van der Waals surface area contributed by atoms with E-state index in [-0.39, 0.29) is 0 Å². The van der Waals surface area contributed by atoms with Gasteiger partial charge < -0.3 is 10.6 Å². The minimum atomic E-state index is 0.340. The van der Waals surface area contributed by atoms with Gasteiger partial charge in [-0.25, -0.2) is 0 Å². The van der Waals surface area contributed by atoms with Crippen LogP contribution >= 0.6 is 0 Å². The largest absolute Gasteiger partial charge is 0.342 e. The van der Waals surface area contributed by atoms with E-state index in [1.165, 1.54) is 38.5 Å². The summed E-state index contributed by atoms with van der Waals surface area (Å²) in [6.07, 6.45) is 7.41. The molecule has 3 unspecified atom stereocenters. The van der Waals surface area contributed by atoms with E-state index in [0.717, 1.165) is 32.1 Å². The van der Waals surface area contributed by atoms with Gasteiger partial charge in [0.05, 0.1) is 6.54 Å². The van der Waals surface area contributed by atoms with Crippen molar-refractivity contribution < 1.29 is 4.79 Å². The first-order valence-corrected chi connectivity index (χ1v) is 8.00. The predicted octanol–water partition coefficient (Wildman–Crippen LogP) is 1.06. The van der Waals surface area contributed by atoms with Gasteiger partial charge in [0.15, 0.2) is 0 Å². The molecule has 0 bridgehead atoms. The summed E-state index contributed by atoms with van der Waals surface area (Å²) in [7, 11) is 0. The number of hydrogen-bond donors (Lipinski definition) is 1. The molecule has 2 N–H and O–H groups in total. The van der Waals surface area contributed by atoms with E-state index in [2.05, 4.69) is 9.80 Å². The third-order valence-corrected chi connectivity index (χ3v) is 5.30. The minimum Gasteiger partial charge on any atom is -0.342 e. The van der Waals surface area contributed by atoms with Crippen LogP contribution in [0.3, 0.4) is 0 Å². The van der Waals surface area contributed by atoms with Crippen molar-refractivity contribution in [1.82, 2.24) is 9.80 Å². The molecule has 19 heavy (non-hydrogen) atoms. The van der Waals surface area contributed by atoms with Gasteiger partial charge in [-0.2, -0.15) is 0 Å². The molecule has 2 heterocycles. The number of carbonyl (C=O) groups excluding carboxylic acids is 1. The Kier molecular flexibility index (Phi) is 4.08. The zero-order chi connectivity index (χ0) is 13.2. The Morgan fingerprint density at radius 1 is 1.05 bits per heavy atom. The van der Waals surface area contributed by atoms with Crippen molar-refractivity contribution in [2.75, 3.05) is 32.7 Å². The number of likely N-dealkylation sites (tertiary alicyclic amines) is 2. The summed E-state index contributed by atoms with van der Waals surface area (Å²) < 4.78 is 0. The molecule has 0 aromatic heterocycles. The average Bonchev–Trinajstić information content (AvgIpc) is 2.84. The van der Waals surface area contributed by atoms with Crippen LogP contribution in [0.15, 0.2) is 0 Å². The fourth-order valence-electron chi connectivity index (χ4n) is 4.17. The van der Waals surface area contributed by atoms with Crippen LogP contribution < -0.4 is 5.73 Å². The molecule has 2 saturated heterocycles. The van der Waals surface area contributed by atoms with E-state index in [1.807, 2.05) is 0 Å². The fraction of sp³-hybridized carbons (Fsp3) is 0.933. The fourth-order valence-corrected chi connectivity index (χ4v) is 4.17. The monoisotopic (exact) mass is 265 g/mol. The molecule has 4 heteroatoms. The van der Waals surface area contributed by atoms with Gasteiger partial charge >= 0.3 is 0 Å². The molecule has 1 aliphatic carbocycles. The first kappa shape index (κ1) is 13.4. The van der Waals surface area contributed by atoms with Crippen LogP contribution in [-0.2, 0) is 4.79 Å². The molecule has 3 rings (SSSR count).